The third-order valence-electron chi connectivity index (χ3n) is 12.3. The van der Waals surface area contributed by atoms with Gasteiger partial charge >= 0.3 is 12.2 Å². The largest absolute Gasteiger partial charge is 0.417 e. The Kier molecular flexibility index (Phi) is 13.9. The third kappa shape index (κ3) is 9.25. The van der Waals surface area contributed by atoms with Gasteiger partial charge in [0.05, 0.1) is 46.7 Å². The topological polar surface area (TPSA) is 159 Å². The lowest BCUT2D eigenvalue weighted by Crippen LogP contribution is -2.58. The molecule has 0 spiro atoms. The predicted molar refractivity (Wildman–Crippen MR) is 233 cm³/mol. The van der Waals surface area contributed by atoms with Crippen molar-refractivity contribution in [3.05, 3.63) is 47.5 Å². The Bertz CT molecular complexity index is 2260. The van der Waals surface area contributed by atoms with E-state index in [0.717, 1.165) is 55.9 Å². The normalized spacial score (nSPS) is 23.7. The van der Waals surface area contributed by atoms with Crippen molar-refractivity contribution in [1.29, 1.82) is 5.26 Å². The number of amides is 5. The number of rotatable bonds is 11. The van der Waals surface area contributed by atoms with Crippen LogP contribution in [0.1, 0.15) is 77.3 Å². The van der Waals surface area contributed by atoms with E-state index < -0.39 is 34.8 Å². The number of alkyl halides is 3. The molecule has 1 aromatic heterocycles. The van der Waals surface area contributed by atoms with E-state index >= 15 is 0 Å². The number of thiocarbonyl (C=S) groups is 1. The van der Waals surface area contributed by atoms with Gasteiger partial charge in [0.15, 0.2) is 10.9 Å². The highest BCUT2D eigenvalue weighted by molar-refractivity contribution is 7.80. The standard InChI is InChI=1S/C42H51F3N10O5S.ClH/c1-25-22-51(23-26(2)53(25)24-35(57)47-33-9-6-8-31-36(33)50(5)49-37(31)52-18-16-34(56)48-39(52)59)17-7-19-60-30-14-12-28(13-15-30)55-40(61)54(38(58)41(55,3)4)29-11-10-27(21-46)32(20-29)42(43,44)45;/h6,8-11,20,25-26,28,30H,7,12-19,22-24H2,1-5H3,(H,47,57)(H,48,56,59);1H/t25-,26+,28?,30?;. The van der Waals surface area contributed by atoms with Gasteiger partial charge in [-0.05, 0) is 102 Å². The molecule has 4 aliphatic rings. The fraction of sp³-hybridized carbons (Fsp3) is 0.548. The molecule has 62 heavy (non-hydrogen) atoms. The van der Waals surface area contributed by atoms with Gasteiger partial charge in [0.1, 0.15) is 5.54 Å². The molecule has 2 aromatic carbocycles. The number of imide groups is 1. The van der Waals surface area contributed by atoms with Crippen molar-refractivity contribution < 1.29 is 37.1 Å². The Labute approximate surface area is 369 Å². The molecule has 0 bridgehead atoms. The first-order chi connectivity index (χ1) is 28.9. The minimum Gasteiger partial charge on any atom is -0.378 e. The number of aromatic nitrogens is 2. The van der Waals surface area contributed by atoms with Crippen LogP contribution in [0.5, 0.6) is 0 Å². The van der Waals surface area contributed by atoms with E-state index in [1.54, 1.807) is 37.7 Å². The van der Waals surface area contributed by atoms with Crippen molar-refractivity contribution in [2.75, 3.05) is 54.4 Å². The molecule has 1 saturated carbocycles. The smallest absolute Gasteiger partial charge is 0.378 e. The first kappa shape index (κ1) is 46.6. The number of carbonyl (C=O) groups excluding carboxylic acids is 4. The predicted octanol–water partition coefficient (Wildman–Crippen LogP) is 5.80. The maximum atomic E-state index is 13.8. The Morgan fingerprint density at radius 3 is 2.42 bits per heavy atom. The Balaban J connectivity index is 0.00000641. The van der Waals surface area contributed by atoms with Gasteiger partial charge in [-0.25, -0.2) is 4.79 Å². The number of benzene rings is 2. The number of nitrogens with zero attached hydrogens (tertiary/aromatic N) is 8. The minimum absolute atomic E-state index is 0. The second-order valence-corrected chi connectivity index (χ2v) is 17.3. The summed E-state index contributed by atoms with van der Waals surface area (Å²) < 4.78 is 49.2. The first-order valence-electron chi connectivity index (χ1n) is 20.6. The van der Waals surface area contributed by atoms with Crippen molar-refractivity contribution in [2.45, 2.75) is 102 Å². The number of hydrogen-bond acceptors (Lipinski definition) is 10. The van der Waals surface area contributed by atoms with Crippen molar-refractivity contribution in [3.8, 4) is 6.07 Å². The lowest BCUT2D eigenvalue weighted by Gasteiger charge is -2.44. The van der Waals surface area contributed by atoms with Gasteiger partial charge in [0, 0.05) is 69.8 Å². The molecule has 0 radical (unpaired) electrons. The van der Waals surface area contributed by atoms with Crippen LogP contribution in [0.2, 0.25) is 0 Å². The highest BCUT2D eigenvalue weighted by Crippen LogP contribution is 2.41. The van der Waals surface area contributed by atoms with E-state index in [9.17, 15) is 37.6 Å². The first-order valence-corrected chi connectivity index (χ1v) is 21.1. The van der Waals surface area contributed by atoms with Gasteiger partial charge < -0.3 is 19.9 Å². The summed E-state index contributed by atoms with van der Waals surface area (Å²) in [5, 5.41) is 20.0. The molecule has 3 aromatic rings. The zero-order valence-electron chi connectivity index (χ0n) is 35.3. The van der Waals surface area contributed by atoms with Crippen LogP contribution < -0.4 is 20.4 Å². The van der Waals surface area contributed by atoms with Crippen LogP contribution >= 0.6 is 24.6 Å². The molecule has 15 nitrogen and oxygen atoms in total. The Morgan fingerprint density at radius 2 is 1.77 bits per heavy atom. The molecule has 7 rings (SSSR count). The van der Waals surface area contributed by atoms with Gasteiger partial charge in [-0.2, -0.15) is 23.5 Å². The number of nitrogens with one attached hydrogen (secondary N) is 2. The number of para-hydroxylation sites is 1. The second kappa shape index (κ2) is 18.5. The van der Waals surface area contributed by atoms with E-state index in [0.29, 0.717) is 41.9 Å². The van der Waals surface area contributed by atoms with Gasteiger partial charge in [-0.1, -0.05) is 6.07 Å². The fourth-order valence-corrected chi connectivity index (χ4v) is 9.93. The number of piperazine rings is 1. The summed E-state index contributed by atoms with van der Waals surface area (Å²) in [6, 6.07) is 9.90. The van der Waals surface area contributed by atoms with E-state index in [2.05, 4.69) is 39.4 Å². The van der Waals surface area contributed by atoms with Crippen LogP contribution in [0.15, 0.2) is 36.4 Å². The molecule has 3 saturated heterocycles. The molecular formula is C42H52ClF3N10O5S. The van der Waals surface area contributed by atoms with Gasteiger partial charge in [-0.3, -0.25) is 39.1 Å². The summed E-state index contributed by atoms with van der Waals surface area (Å²) in [6.07, 6.45) is -0.780. The maximum absolute atomic E-state index is 13.8. The lowest BCUT2D eigenvalue weighted by atomic mass is 9.89. The Morgan fingerprint density at radius 1 is 1.08 bits per heavy atom. The van der Waals surface area contributed by atoms with E-state index in [-0.39, 0.29) is 78.8 Å². The summed E-state index contributed by atoms with van der Waals surface area (Å²) in [6.45, 7) is 11.2. The fourth-order valence-electron chi connectivity index (χ4n) is 9.36. The molecule has 2 atom stereocenters. The highest BCUT2D eigenvalue weighted by atomic mass is 35.5. The number of ether oxygens (including phenoxy) is 1. The van der Waals surface area contributed by atoms with Crippen molar-refractivity contribution in [3.63, 3.8) is 0 Å². The molecule has 4 heterocycles. The highest BCUT2D eigenvalue weighted by Gasteiger charge is 2.52. The van der Waals surface area contributed by atoms with E-state index in [1.165, 1.54) is 11.0 Å². The third-order valence-corrected chi connectivity index (χ3v) is 12.7. The van der Waals surface area contributed by atoms with Crippen LogP contribution in [0.3, 0.4) is 0 Å². The van der Waals surface area contributed by atoms with Crippen LogP contribution in [0.4, 0.5) is 35.2 Å². The number of halogens is 4. The summed E-state index contributed by atoms with van der Waals surface area (Å²) in [5.74, 6) is -0.473. The molecule has 4 fully saturated rings. The molecule has 1 aliphatic carbocycles. The van der Waals surface area contributed by atoms with Crippen LogP contribution in [-0.2, 0) is 32.3 Å². The zero-order valence-corrected chi connectivity index (χ0v) is 37.0. The number of hydrogen-bond donors (Lipinski definition) is 2. The summed E-state index contributed by atoms with van der Waals surface area (Å²) in [5.41, 5.74) is -1.45. The van der Waals surface area contributed by atoms with Gasteiger partial charge in [0.25, 0.3) is 5.91 Å². The molecule has 334 valence electrons. The van der Waals surface area contributed by atoms with Crippen LogP contribution in [0, 0.1) is 11.3 Å². The number of nitriles is 1. The van der Waals surface area contributed by atoms with Gasteiger partial charge in [0.2, 0.25) is 11.8 Å². The molecule has 20 heteroatoms. The molecular weight excluding hydrogens is 849 g/mol. The Hall–Kier alpha value is -4.87. The number of fused-ring (bicyclic) bond motifs is 1. The summed E-state index contributed by atoms with van der Waals surface area (Å²) in [7, 11) is 1.75. The SMILES string of the molecule is C[C@@H]1CN(CCCOC2CCC(N3C(=S)N(c4ccc(C#N)c(C(F)(F)F)c4)C(=O)C3(C)C)CC2)C[C@H](C)N1CC(=O)Nc1cccc2c(N3CCC(=O)NC3=O)nn(C)c12.Cl. The number of carbonyl (C=O) groups is 4. The minimum atomic E-state index is -4.76. The molecule has 3 aliphatic heterocycles. The quantitative estimate of drug-likeness (QED) is 0.177. The van der Waals surface area contributed by atoms with Crippen molar-refractivity contribution in [2.24, 2.45) is 7.05 Å². The molecule has 0 unspecified atom stereocenters. The van der Waals surface area contributed by atoms with Gasteiger partial charge in [-0.15, -0.1) is 12.4 Å². The molecule has 2 N–H and O–H groups in total. The van der Waals surface area contributed by atoms with Crippen molar-refractivity contribution in [1.82, 2.24) is 29.8 Å². The summed E-state index contributed by atoms with van der Waals surface area (Å²) in [4.78, 5) is 60.4. The number of urea groups is 1. The lowest BCUT2D eigenvalue weighted by molar-refractivity contribution is -0.137. The number of aryl methyl sites for hydroxylation is 1. The summed E-state index contributed by atoms with van der Waals surface area (Å²) >= 11 is 5.75. The second-order valence-electron chi connectivity index (χ2n) is 16.9. The van der Waals surface area contributed by atoms with Crippen molar-refractivity contribution >= 4 is 81.6 Å². The average Bonchev–Trinajstić information content (AvgIpc) is 3.62. The van der Waals surface area contributed by atoms with E-state index in [4.69, 9.17) is 17.0 Å². The number of anilines is 3. The average molecular weight is 901 g/mol. The van der Waals surface area contributed by atoms with Crippen LogP contribution in [0.25, 0.3) is 10.9 Å². The van der Waals surface area contributed by atoms with Crippen LogP contribution in [-0.4, -0.2) is 122 Å². The zero-order chi connectivity index (χ0) is 44.0. The molecule has 5 amide bonds. The maximum Gasteiger partial charge on any atom is 0.417 e. The monoisotopic (exact) mass is 900 g/mol. The van der Waals surface area contributed by atoms with E-state index in [1.807, 2.05) is 17.0 Å².